The molecule has 0 bridgehead atoms. The number of rotatable bonds is 5. The van der Waals surface area contributed by atoms with Gasteiger partial charge < -0.3 is 10.6 Å². The van der Waals surface area contributed by atoms with Crippen molar-refractivity contribution in [3.63, 3.8) is 0 Å². The average molecular weight is 371 g/mol. The predicted octanol–water partition coefficient (Wildman–Crippen LogP) is 3.78. The highest BCUT2D eigenvalue weighted by Crippen LogP contribution is 2.33. The Morgan fingerprint density at radius 1 is 1.19 bits per heavy atom. The lowest BCUT2D eigenvalue weighted by Gasteiger charge is -2.24. The van der Waals surface area contributed by atoms with Gasteiger partial charge in [0.25, 0.3) is 5.91 Å². The summed E-state index contributed by atoms with van der Waals surface area (Å²) < 4.78 is 0. The first kappa shape index (κ1) is 19.4. The minimum atomic E-state index is -0.803. The summed E-state index contributed by atoms with van der Waals surface area (Å²) in [6.45, 7) is 3.96. The monoisotopic (exact) mass is 371 g/mol. The van der Waals surface area contributed by atoms with Crippen molar-refractivity contribution >= 4 is 23.5 Å². The van der Waals surface area contributed by atoms with Crippen molar-refractivity contribution < 1.29 is 14.4 Å². The molecule has 1 aromatic rings. The third-order valence-electron chi connectivity index (χ3n) is 5.88. The van der Waals surface area contributed by atoms with Crippen LogP contribution in [0.2, 0.25) is 0 Å². The second-order valence-corrected chi connectivity index (χ2v) is 7.76. The molecule has 2 fully saturated rings. The lowest BCUT2D eigenvalue weighted by Crippen LogP contribution is -2.47. The maximum Gasteiger partial charge on any atom is 0.325 e. The SMILES string of the molecule is CC[C@@H](C)c1ccccc1NC(=O)CN1C(=O)NC2(CCCCCC2)C1=O. The summed E-state index contributed by atoms with van der Waals surface area (Å²) in [5, 5.41) is 5.76. The fourth-order valence-electron chi connectivity index (χ4n) is 4.08. The molecule has 4 amide bonds. The molecule has 3 rings (SSSR count). The average Bonchev–Trinajstić information content (AvgIpc) is 2.83. The van der Waals surface area contributed by atoms with Crippen molar-refractivity contribution in [2.24, 2.45) is 0 Å². The predicted molar refractivity (Wildman–Crippen MR) is 104 cm³/mol. The molecule has 27 heavy (non-hydrogen) atoms. The third kappa shape index (κ3) is 3.99. The molecule has 1 spiro atoms. The molecule has 1 aliphatic heterocycles. The van der Waals surface area contributed by atoms with Gasteiger partial charge in [-0.15, -0.1) is 0 Å². The molecule has 6 nitrogen and oxygen atoms in total. The molecule has 1 aliphatic carbocycles. The minimum absolute atomic E-state index is 0.249. The summed E-state index contributed by atoms with van der Waals surface area (Å²) in [7, 11) is 0. The van der Waals surface area contributed by atoms with E-state index >= 15 is 0 Å². The molecule has 1 saturated carbocycles. The number of anilines is 1. The molecule has 1 aromatic carbocycles. The van der Waals surface area contributed by atoms with Crippen LogP contribution in [0.15, 0.2) is 24.3 Å². The molecule has 2 N–H and O–H groups in total. The second-order valence-electron chi connectivity index (χ2n) is 7.76. The molecule has 6 heteroatoms. The number of carbonyl (C=O) groups excluding carboxylic acids is 3. The molecule has 1 heterocycles. The van der Waals surface area contributed by atoms with Crippen molar-refractivity contribution in [2.75, 3.05) is 11.9 Å². The Kier molecular flexibility index (Phi) is 5.82. The first-order valence-corrected chi connectivity index (χ1v) is 10.00. The summed E-state index contributed by atoms with van der Waals surface area (Å²) in [5.74, 6) is -0.285. The van der Waals surface area contributed by atoms with Crippen LogP contribution in [-0.4, -0.2) is 34.8 Å². The Morgan fingerprint density at radius 2 is 1.85 bits per heavy atom. The van der Waals surface area contributed by atoms with Crippen molar-refractivity contribution in [2.45, 2.75) is 70.3 Å². The molecule has 1 atom stereocenters. The van der Waals surface area contributed by atoms with Crippen molar-refractivity contribution in [1.29, 1.82) is 0 Å². The Balaban J connectivity index is 1.70. The van der Waals surface area contributed by atoms with Crippen LogP contribution in [0.5, 0.6) is 0 Å². The van der Waals surface area contributed by atoms with E-state index in [4.69, 9.17) is 0 Å². The van der Waals surface area contributed by atoms with E-state index < -0.39 is 11.6 Å². The van der Waals surface area contributed by atoms with E-state index in [2.05, 4.69) is 24.5 Å². The first-order valence-electron chi connectivity index (χ1n) is 10.00. The lowest BCUT2D eigenvalue weighted by atomic mass is 9.90. The quantitative estimate of drug-likeness (QED) is 0.773. The van der Waals surface area contributed by atoms with Gasteiger partial charge >= 0.3 is 6.03 Å². The van der Waals surface area contributed by atoms with Gasteiger partial charge in [-0.05, 0) is 36.8 Å². The van der Waals surface area contributed by atoms with Crippen LogP contribution < -0.4 is 10.6 Å². The van der Waals surface area contributed by atoms with E-state index in [0.29, 0.717) is 18.8 Å². The number of imide groups is 1. The topological polar surface area (TPSA) is 78.5 Å². The largest absolute Gasteiger partial charge is 0.325 e. The number of para-hydroxylation sites is 1. The Morgan fingerprint density at radius 3 is 2.52 bits per heavy atom. The van der Waals surface area contributed by atoms with Gasteiger partial charge in [-0.2, -0.15) is 0 Å². The number of benzene rings is 1. The van der Waals surface area contributed by atoms with E-state index in [-0.39, 0.29) is 18.4 Å². The van der Waals surface area contributed by atoms with Crippen LogP contribution in [0.1, 0.15) is 70.3 Å². The van der Waals surface area contributed by atoms with Crippen LogP contribution in [0.3, 0.4) is 0 Å². The standard InChI is InChI=1S/C21H29N3O3/c1-3-15(2)16-10-6-7-11-17(16)22-18(25)14-24-19(26)21(23-20(24)27)12-8-4-5-9-13-21/h6-7,10-11,15H,3-5,8-9,12-14H2,1-2H3,(H,22,25)(H,23,27)/t15-/m1/s1. The van der Waals surface area contributed by atoms with E-state index in [1.165, 1.54) is 0 Å². The minimum Gasteiger partial charge on any atom is -0.324 e. The highest BCUT2D eigenvalue weighted by molar-refractivity contribution is 6.10. The summed E-state index contributed by atoms with van der Waals surface area (Å²) in [6, 6.07) is 7.23. The zero-order chi connectivity index (χ0) is 19.4. The van der Waals surface area contributed by atoms with E-state index in [9.17, 15) is 14.4 Å². The number of hydrogen-bond acceptors (Lipinski definition) is 3. The first-order chi connectivity index (χ1) is 13.0. The van der Waals surface area contributed by atoms with Gasteiger partial charge in [-0.1, -0.05) is 57.7 Å². The van der Waals surface area contributed by atoms with Crippen LogP contribution in [0, 0.1) is 0 Å². The zero-order valence-corrected chi connectivity index (χ0v) is 16.2. The van der Waals surface area contributed by atoms with Gasteiger partial charge in [-0.3, -0.25) is 14.5 Å². The Bertz CT molecular complexity index is 723. The number of amides is 4. The lowest BCUT2D eigenvalue weighted by molar-refractivity contribution is -0.134. The fourth-order valence-corrected chi connectivity index (χ4v) is 4.08. The van der Waals surface area contributed by atoms with Crippen LogP contribution >= 0.6 is 0 Å². The number of hydrogen-bond donors (Lipinski definition) is 2. The molecule has 0 aromatic heterocycles. The van der Waals surface area contributed by atoms with Crippen molar-refractivity contribution in [3.05, 3.63) is 29.8 Å². The molecular weight excluding hydrogens is 342 g/mol. The van der Waals surface area contributed by atoms with Crippen LogP contribution in [-0.2, 0) is 9.59 Å². The smallest absolute Gasteiger partial charge is 0.324 e. The second kappa shape index (κ2) is 8.11. The molecule has 2 aliphatic rings. The van der Waals surface area contributed by atoms with Crippen molar-refractivity contribution in [3.8, 4) is 0 Å². The fraction of sp³-hybridized carbons (Fsp3) is 0.571. The molecule has 0 radical (unpaired) electrons. The van der Waals surface area contributed by atoms with Gasteiger partial charge in [0.2, 0.25) is 5.91 Å². The van der Waals surface area contributed by atoms with Crippen molar-refractivity contribution in [1.82, 2.24) is 10.2 Å². The number of nitrogens with zero attached hydrogens (tertiary/aromatic N) is 1. The molecule has 0 unspecified atom stereocenters. The van der Waals surface area contributed by atoms with Crippen LogP contribution in [0.4, 0.5) is 10.5 Å². The Labute approximate surface area is 160 Å². The molecule has 1 saturated heterocycles. The van der Waals surface area contributed by atoms with E-state index in [0.717, 1.165) is 48.3 Å². The van der Waals surface area contributed by atoms with E-state index in [1.54, 1.807) is 0 Å². The maximum absolute atomic E-state index is 12.9. The normalized spacial score (nSPS) is 20.3. The summed E-state index contributed by atoms with van der Waals surface area (Å²) in [4.78, 5) is 39.0. The number of nitrogens with one attached hydrogen (secondary N) is 2. The third-order valence-corrected chi connectivity index (χ3v) is 5.88. The highest BCUT2D eigenvalue weighted by Gasteiger charge is 2.51. The molecule has 146 valence electrons. The van der Waals surface area contributed by atoms with E-state index in [1.807, 2.05) is 24.3 Å². The summed E-state index contributed by atoms with van der Waals surface area (Å²) in [6.07, 6.45) is 6.29. The van der Waals surface area contributed by atoms with Gasteiger partial charge in [0, 0.05) is 5.69 Å². The van der Waals surface area contributed by atoms with Gasteiger partial charge in [0.1, 0.15) is 12.1 Å². The highest BCUT2D eigenvalue weighted by atomic mass is 16.2. The molecular formula is C21H29N3O3. The van der Waals surface area contributed by atoms with Gasteiger partial charge in [-0.25, -0.2) is 4.79 Å². The van der Waals surface area contributed by atoms with Gasteiger partial charge in [0.05, 0.1) is 0 Å². The zero-order valence-electron chi connectivity index (χ0n) is 16.2. The summed E-state index contributed by atoms with van der Waals surface area (Å²) in [5.41, 5.74) is 1.00. The Hall–Kier alpha value is -2.37. The van der Waals surface area contributed by atoms with Gasteiger partial charge in [0.15, 0.2) is 0 Å². The number of urea groups is 1. The maximum atomic E-state index is 12.9. The summed E-state index contributed by atoms with van der Waals surface area (Å²) >= 11 is 0. The number of carbonyl (C=O) groups is 3. The van der Waals surface area contributed by atoms with Crippen LogP contribution in [0.25, 0.3) is 0 Å².